The van der Waals surface area contributed by atoms with Gasteiger partial charge < -0.3 is 4.90 Å². The number of rotatable bonds is 3. The molecule has 4 heterocycles. The van der Waals surface area contributed by atoms with E-state index in [0.29, 0.717) is 0 Å². The number of anilines is 1. The highest BCUT2D eigenvalue weighted by Gasteiger charge is 2.20. The van der Waals surface area contributed by atoms with Gasteiger partial charge in [0.2, 0.25) is 5.95 Å². The Labute approximate surface area is 147 Å². The van der Waals surface area contributed by atoms with Crippen molar-refractivity contribution in [2.75, 3.05) is 18.0 Å². The molecule has 3 aromatic heterocycles. The van der Waals surface area contributed by atoms with Crippen LogP contribution in [0.3, 0.4) is 0 Å². The number of aryl methyl sites for hydroxylation is 1. The Kier molecular flexibility index (Phi) is 4.33. The van der Waals surface area contributed by atoms with Crippen molar-refractivity contribution in [3.05, 3.63) is 60.1 Å². The summed E-state index contributed by atoms with van der Waals surface area (Å²) in [6.45, 7) is 3.83. The summed E-state index contributed by atoms with van der Waals surface area (Å²) in [4.78, 5) is 24.6. The number of hydrogen-bond acceptors (Lipinski definition) is 6. The molecular weight excluding hydrogens is 312 g/mol. The Bertz CT molecular complexity index is 848. The lowest BCUT2D eigenvalue weighted by molar-refractivity contribution is 0.767. The van der Waals surface area contributed by atoms with Gasteiger partial charge in [-0.3, -0.25) is 4.98 Å². The first kappa shape index (κ1) is 15.6. The zero-order chi connectivity index (χ0) is 17.1. The van der Waals surface area contributed by atoms with E-state index in [0.717, 1.165) is 60.8 Å². The molecule has 0 spiro atoms. The van der Waals surface area contributed by atoms with Gasteiger partial charge in [-0.25, -0.2) is 19.9 Å². The number of pyridine rings is 1. The van der Waals surface area contributed by atoms with E-state index in [1.165, 1.54) is 5.56 Å². The lowest BCUT2D eigenvalue weighted by atomic mass is 10.0. The van der Waals surface area contributed by atoms with Crippen LogP contribution in [0.25, 0.3) is 11.3 Å². The van der Waals surface area contributed by atoms with Gasteiger partial charge in [0, 0.05) is 61.1 Å². The number of aromatic nitrogens is 5. The summed E-state index contributed by atoms with van der Waals surface area (Å²) in [6, 6.07) is 3.99. The van der Waals surface area contributed by atoms with Crippen molar-refractivity contribution in [2.45, 2.75) is 26.2 Å². The predicted molar refractivity (Wildman–Crippen MR) is 96.3 cm³/mol. The second-order valence-electron chi connectivity index (χ2n) is 6.12. The third kappa shape index (κ3) is 3.20. The molecule has 0 saturated carbocycles. The smallest absolute Gasteiger partial charge is 0.225 e. The van der Waals surface area contributed by atoms with Crippen LogP contribution in [0.4, 0.5) is 5.95 Å². The first-order chi connectivity index (χ1) is 12.3. The Morgan fingerprint density at radius 1 is 1.00 bits per heavy atom. The van der Waals surface area contributed by atoms with Crippen molar-refractivity contribution in [2.24, 2.45) is 0 Å². The van der Waals surface area contributed by atoms with Gasteiger partial charge >= 0.3 is 0 Å². The van der Waals surface area contributed by atoms with Crippen LogP contribution in [0.2, 0.25) is 0 Å². The van der Waals surface area contributed by atoms with Crippen LogP contribution in [-0.2, 0) is 19.3 Å². The summed E-state index contributed by atoms with van der Waals surface area (Å²) < 4.78 is 0. The Morgan fingerprint density at radius 3 is 2.60 bits per heavy atom. The van der Waals surface area contributed by atoms with Crippen molar-refractivity contribution < 1.29 is 0 Å². The van der Waals surface area contributed by atoms with Crippen molar-refractivity contribution in [3.63, 3.8) is 0 Å². The SMILES string of the molecule is CCc1cnc(N2CCc3ncnc(-c4cccnc4)c3CC2)nc1. The molecule has 6 heteroatoms. The number of hydrogen-bond donors (Lipinski definition) is 0. The van der Waals surface area contributed by atoms with E-state index >= 15 is 0 Å². The highest BCUT2D eigenvalue weighted by molar-refractivity contribution is 5.63. The zero-order valence-corrected chi connectivity index (χ0v) is 14.3. The number of fused-ring (bicyclic) bond motifs is 1. The van der Waals surface area contributed by atoms with Crippen LogP contribution in [0, 0.1) is 0 Å². The van der Waals surface area contributed by atoms with Gasteiger partial charge in [-0.15, -0.1) is 0 Å². The van der Waals surface area contributed by atoms with Gasteiger partial charge in [0.05, 0.1) is 5.69 Å². The van der Waals surface area contributed by atoms with Crippen molar-refractivity contribution in [3.8, 4) is 11.3 Å². The molecule has 3 aromatic rings. The quantitative estimate of drug-likeness (QED) is 0.734. The van der Waals surface area contributed by atoms with E-state index < -0.39 is 0 Å². The summed E-state index contributed by atoms with van der Waals surface area (Å²) >= 11 is 0. The summed E-state index contributed by atoms with van der Waals surface area (Å²) in [5, 5.41) is 0. The van der Waals surface area contributed by atoms with E-state index in [4.69, 9.17) is 0 Å². The average molecular weight is 332 g/mol. The van der Waals surface area contributed by atoms with Crippen molar-refractivity contribution >= 4 is 5.95 Å². The maximum atomic E-state index is 4.53. The van der Waals surface area contributed by atoms with Gasteiger partial charge in [-0.2, -0.15) is 0 Å². The fraction of sp³-hybridized carbons (Fsp3) is 0.316. The molecule has 0 fully saturated rings. The molecule has 0 radical (unpaired) electrons. The standard InChI is InChI=1S/C19H20N6/c1-2-14-10-21-19(22-11-14)25-8-5-16-17(6-9-25)23-13-24-18(16)15-4-3-7-20-12-15/h3-4,7,10-13H,2,5-6,8-9H2,1H3. The maximum Gasteiger partial charge on any atom is 0.225 e. The maximum absolute atomic E-state index is 4.53. The topological polar surface area (TPSA) is 67.7 Å². The first-order valence-electron chi connectivity index (χ1n) is 8.64. The largest absolute Gasteiger partial charge is 0.340 e. The fourth-order valence-electron chi connectivity index (χ4n) is 3.17. The van der Waals surface area contributed by atoms with Crippen LogP contribution in [0.1, 0.15) is 23.7 Å². The van der Waals surface area contributed by atoms with Gasteiger partial charge in [-0.1, -0.05) is 6.92 Å². The molecule has 0 atom stereocenters. The van der Waals surface area contributed by atoms with Gasteiger partial charge in [-0.05, 0) is 30.5 Å². The van der Waals surface area contributed by atoms with Gasteiger partial charge in [0.15, 0.2) is 0 Å². The zero-order valence-electron chi connectivity index (χ0n) is 14.3. The summed E-state index contributed by atoms with van der Waals surface area (Å²) in [5.41, 5.74) is 5.51. The summed E-state index contributed by atoms with van der Waals surface area (Å²) in [5.74, 6) is 0.792. The Morgan fingerprint density at radius 2 is 1.84 bits per heavy atom. The fourth-order valence-corrected chi connectivity index (χ4v) is 3.17. The first-order valence-corrected chi connectivity index (χ1v) is 8.64. The lowest BCUT2D eigenvalue weighted by Crippen LogP contribution is -2.27. The Balaban J connectivity index is 1.61. The molecule has 0 saturated heterocycles. The van der Waals surface area contributed by atoms with Crippen LogP contribution < -0.4 is 4.90 Å². The Hall–Kier alpha value is -2.89. The van der Waals surface area contributed by atoms with Crippen LogP contribution in [0.5, 0.6) is 0 Å². The molecule has 0 aromatic carbocycles. The van der Waals surface area contributed by atoms with Crippen molar-refractivity contribution in [1.29, 1.82) is 0 Å². The van der Waals surface area contributed by atoms with Gasteiger partial charge in [0.1, 0.15) is 6.33 Å². The van der Waals surface area contributed by atoms with Crippen molar-refractivity contribution in [1.82, 2.24) is 24.9 Å². The summed E-state index contributed by atoms with van der Waals surface area (Å²) in [6.07, 6.45) is 11.8. The second kappa shape index (κ2) is 6.93. The highest BCUT2D eigenvalue weighted by Crippen LogP contribution is 2.25. The minimum atomic E-state index is 0.792. The predicted octanol–water partition coefficient (Wildman–Crippen LogP) is 2.50. The van der Waals surface area contributed by atoms with E-state index in [9.17, 15) is 0 Å². The highest BCUT2D eigenvalue weighted by atomic mass is 15.2. The van der Waals surface area contributed by atoms with Gasteiger partial charge in [0.25, 0.3) is 0 Å². The minimum absolute atomic E-state index is 0.792. The molecule has 0 unspecified atom stereocenters. The third-order valence-electron chi connectivity index (χ3n) is 4.60. The van der Waals surface area contributed by atoms with E-state index in [1.807, 2.05) is 30.7 Å². The van der Waals surface area contributed by atoms with E-state index in [1.54, 1.807) is 12.5 Å². The molecule has 0 N–H and O–H groups in total. The summed E-state index contributed by atoms with van der Waals surface area (Å²) in [7, 11) is 0. The molecule has 6 nitrogen and oxygen atoms in total. The normalized spacial score (nSPS) is 14.0. The van der Waals surface area contributed by atoms with E-state index in [-0.39, 0.29) is 0 Å². The molecule has 0 bridgehead atoms. The lowest BCUT2D eigenvalue weighted by Gasteiger charge is -2.19. The van der Waals surface area contributed by atoms with Crippen LogP contribution in [0.15, 0.2) is 43.2 Å². The van der Waals surface area contributed by atoms with Crippen LogP contribution >= 0.6 is 0 Å². The third-order valence-corrected chi connectivity index (χ3v) is 4.60. The monoisotopic (exact) mass is 332 g/mol. The van der Waals surface area contributed by atoms with Crippen LogP contribution in [-0.4, -0.2) is 38.0 Å². The molecule has 1 aliphatic rings. The molecule has 126 valence electrons. The molecule has 0 aliphatic carbocycles. The molecule has 25 heavy (non-hydrogen) atoms. The molecule has 1 aliphatic heterocycles. The molecular formula is C19H20N6. The molecule has 0 amide bonds. The van der Waals surface area contributed by atoms with E-state index in [2.05, 4.69) is 36.7 Å². The number of nitrogens with zero attached hydrogens (tertiary/aromatic N) is 6. The average Bonchev–Trinajstić information content (AvgIpc) is 2.91. The minimum Gasteiger partial charge on any atom is -0.340 e. The molecule has 4 rings (SSSR count). The second-order valence-corrected chi connectivity index (χ2v) is 6.12.